The molecule has 172 valence electrons. The number of halogens is 3. The van der Waals surface area contributed by atoms with E-state index in [9.17, 15) is 22.8 Å². The predicted molar refractivity (Wildman–Crippen MR) is 108 cm³/mol. The van der Waals surface area contributed by atoms with Crippen molar-refractivity contribution < 1.29 is 32.2 Å². The van der Waals surface area contributed by atoms with E-state index >= 15 is 0 Å². The third-order valence-corrected chi connectivity index (χ3v) is 7.21. The first-order valence-corrected chi connectivity index (χ1v) is 10.9. The molecule has 0 unspecified atom stereocenters. The summed E-state index contributed by atoms with van der Waals surface area (Å²) in [6.07, 6.45) is -2.91. The van der Waals surface area contributed by atoms with Crippen molar-refractivity contribution in [1.82, 2.24) is 9.80 Å². The zero-order chi connectivity index (χ0) is 22.7. The van der Waals surface area contributed by atoms with Gasteiger partial charge < -0.3 is 14.4 Å². The number of alkyl halides is 3. The van der Waals surface area contributed by atoms with E-state index in [1.54, 1.807) is 11.8 Å². The summed E-state index contributed by atoms with van der Waals surface area (Å²) < 4.78 is 50.5. The minimum Gasteiger partial charge on any atom is -0.450 e. The van der Waals surface area contributed by atoms with Gasteiger partial charge in [-0.2, -0.15) is 13.2 Å². The molecule has 5 rings (SSSR count). The first kappa shape index (κ1) is 21.5. The van der Waals surface area contributed by atoms with Crippen LogP contribution < -0.4 is 0 Å². The number of piperidine rings is 1. The van der Waals surface area contributed by atoms with Crippen LogP contribution in [0.1, 0.15) is 36.5 Å². The van der Waals surface area contributed by atoms with Crippen molar-refractivity contribution in [3.8, 4) is 0 Å². The first-order valence-electron chi connectivity index (χ1n) is 10.9. The van der Waals surface area contributed by atoms with E-state index in [0.717, 1.165) is 17.7 Å². The largest absolute Gasteiger partial charge is 0.450 e. The van der Waals surface area contributed by atoms with Crippen molar-refractivity contribution in [1.29, 1.82) is 0 Å². The summed E-state index contributed by atoms with van der Waals surface area (Å²) in [7, 11) is 0. The highest BCUT2D eigenvalue weighted by Gasteiger charge is 2.52. The normalized spacial score (nSPS) is 23.9. The van der Waals surface area contributed by atoms with Gasteiger partial charge in [0.15, 0.2) is 0 Å². The summed E-state index contributed by atoms with van der Waals surface area (Å²) in [5.41, 5.74) is 0.332. The van der Waals surface area contributed by atoms with Crippen molar-refractivity contribution in [2.24, 2.45) is 0 Å². The number of carbonyl (C=O) groups is 2. The smallest absolute Gasteiger partial charge is 0.416 e. The van der Waals surface area contributed by atoms with Crippen molar-refractivity contribution in [3.63, 3.8) is 0 Å². The van der Waals surface area contributed by atoms with Crippen LogP contribution in [-0.4, -0.2) is 66.2 Å². The standard InChI is InChI=1S/C23H25F3N2O4/c1-14-19(22(32-21(14)30)5-8-27(9-6-22)18-12-31-13-18)20(29)28-7-4-15-2-3-17(23(24,25)26)10-16(15)11-28/h2-3,10,18H,4-9,11-13H2,1H3. The molecule has 1 aromatic rings. The summed E-state index contributed by atoms with van der Waals surface area (Å²) in [4.78, 5) is 29.9. The van der Waals surface area contributed by atoms with Crippen LogP contribution in [0.3, 0.4) is 0 Å². The van der Waals surface area contributed by atoms with Gasteiger partial charge >= 0.3 is 12.1 Å². The molecule has 9 heteroatoms. The van der Waals surface area contributed by atoms with Crippen LogP contribution in [0.15, 0.2) is 29.3 Å². The molecule has 1 amide bonds. The second-order valence-electron chi connectivity index (χ2n) is 9.07. The topological polar surface area (TPSA) is 59.1 Å². The Morgan fingerprint density at radius 2 is 1.84 bits per heavy atom. The first-order chi connectivity index (χ1) is 15.2. The Labute approximate surface area is 183 Å². The molecule has 1 spiro atoms. The second-order valence-corrected chi connectivity index (χ2v) is 9.07. The van der Waals surface area contributed by atoms with Gasteiger partial charge in [0.25, 0.3) is 5.91 Å². The second kappa shape index (κ2) is 7.59. The number of hydrogen-bond acceptors (Lipinski definition) is 5. The summed E-state index contributed by atoms with van der Waals surface area (Å²) in [6, 6.07) is 4.08. The van der Waals surface area contributed by atoms with E-state index in [1.807, 2.05) is 0 Å². The molecular weight excluding hydrogens is 425 g/mol. The van der Waals surface area contributed by atoms with Gasteiger partial charge in [-0.15, -0.1) is 0 Å². The van der Waals surface area contributed by atoms with Gasteiger partial charge in [0, 0.05) is 44.6 Å². The maximum atomic E-state index is 13.6. The van der Waals surface area contributed by atoms with Crippen LogP contribution in [-0.2, 0) is 38.2 Å². The number of benzene rings is 1. The number of nitrogens with zero attached hydrogens (tertiary/aromatic N) is 2. The maximum Gasteiger partial charge on any atom is 0.416 e. The molecule has 0 aliphatic carbocycles. The Morgan fingerprint density at radius 1 is 1.12 bits per heavy atom. The number of hydrogen-bond donors (Lipinski definition) is 0. The minimum atomic E-state index is -4.43. The molecule has 6 nitrogen and oxygen atoms in total. The fourth-order valence-electron chi connectivity index (χ4n) is 5.21. The van der Waals surface area contributed by atoms with E-state index < -0.39 is 23.3 Å². The van der Waals surface area contributed by atoms with E-state index in [4.69, 9.17) is 9.47 Å². The lowest BCUT2D eigenvalue weighted by atomic mass is 9.81. The van der Waals surface area contributed by atoms with Gasteiger partial charge in [-0.05, 0) is 36.6 Å². The number of fused-ring (bicyclic) bond motifs is 1. The quantitative estimate of drug-likeness (QED) is 0.649. The molecule has 0 N–H and O–H groups in total. The van der Waals surface area contributed by atoms with E-state index in [1.165, 1.54) is 6.07 Å². The van der Waals surface area contributed by atoms with Gasteiger partial charge in [-0.3, -0.25) is 9.69 Å². The molecule has 2 fully saturated rings. The van der Waals surface area contributed by atoms with Crippen LogP contribution in [0.4, 0.5) is 13.2 Å². The van der Waals surface area contributed by atoms with Crippen LogP contribution in [0.2, 0.25) is 0 Å². The summed E-state index contributed by atoms with van der Waals surface area (Å²) >= 11 is 0. The van der Waals surface area contributed by atoms with Gasteiger partial charge in [-0.25, -0.2) is 4.79 Å². The highest BCUT2D eigenvalue weighted by molar-refractivity contribution is 6.07. The molecule has 2 saturated heterocycles. The Morgan fingerprint density at radius 3 is 2.47 bits per heavy atom. The molecule has 0 radical (unpaired) electrons. The Kier molecular flexibility index (Phi) is 5.09. The van der Waals surface area contributed by atoms with Gasteiger partial charge in [0.1, 0.15) is 5.60 Å². The monoisotopic (exact) mass is 450 g/mol. The highest BCUT2D eigenvalue weighted by atomic mass is 19.4. The van der Waals surface area contributed by atoms with Crippen LogP contribution in [0.25, 0.3) is 0 Å². The molecule has 0 aromatic heterocycles. The molecule has 4 heterocycles. The number of ether oxygens (including phenoxy) is 2. The number of carbonyl (C=O) groups excluding carboxylic acids is 2. The zero-order valence-electron chi connectivity index (χ0n) is 17.8. The predicted octanol–water partition coefficient (Wildman–Crippen LogP) is 2.70. The van der Waals surface area contributed by atoms with E-state index in [-0.39, 0.29) is 12.5 Å². The van der Waals surface area contributed by atoms with Crippen molar-refractivity contribution in [3.05, 3.63) is 46.0 Å². The summed E-state index contributed by atoms with van der Waals surface area (Å²) in [5.74, 6) is -0.789. The molecule has 4 aliphatic rings. The number of esters is 1. The maximum absolute atomic E-state index is 13.6. The third-order valence-electron chi connectivity index (χ3n) is 7.21. The van der Waals surface area contributed by atoms with Crippen molar-refractivity contribution >= 4 is 11.9 Å². The third kappa shape index (κ3) is 3.51. The van der Waals surface area contributed by atoms with Crippen molar-refractivity contribution in [2.45, 2.75) is 50.6 Å². The van der Waals surface area contributed by atoms with E-state index in [0.29, 0.717) is 74.9 Å². The zero-order valence-corrected chi connectivity index (χ0v) is 17.8. The van der Waals surface area contributed by atoms with E-state index in [2.05, 4.69) is 4.90 Å². The van der Waals surface area contributed by atoms with Gasteiger partial charge in [0.2, 0.25) is 0 Å². The number of rotatable bonds is 2. The fourth-order valence-corrected chi connectivity index (χ4v) is 5.21. The number of amides is 1. The van der Waals surface area contributed by atoms with Crippen LogP contribution >= 0.6 is 0 Å². The molecule has 0 atom stereocenters. The molecule has 0 saturated carbocycles. The van der Waals surface area contributed by atoms with Crippen LogP contribution in [0, 0.1) is 0 Å². The average Bonchev–Trinajstić information content (AvgIpc) is 2.96. The lowest BCUT2D eigenvalue weighted by Gasteiger charge is -2.45. The van der Waals surface area contributed by atoms with Crippen LogP contribution in [0.5, 0.6) is 0 Å². The Bertz CT molecular complexity index is 991. The molecule has 32 heavy (non-hydrogen) atoms. The van der Waals surface area contributed by atoms with Gasteiger partial charge in [0.05, 0.1) is 30.4 Å². The van der Waals surface area contributed by atoms with Gasteiger partial charge in [-0.1, -0.05) is 6.07 Å². The lowest BCUT2D eigenvalue weighted by Crippen LogP contribution is -2.56. The molecule has 4 aliphatic heterocycles. The molecule has 1 aromatic carbocycles. The molecule has 0 bridgehead atoms. The number of likely N-dealkylation sites (tertiary alicyclic amines) is 1. The summed E-state index contributed by atoms with van der Waals surface area (Å²) in [5, 5.41) is 0. The molecular formula is C23H25F3N2O4. The average molecular weight is 450 g/mol. The SMILES string of the molecule is CC1=C(C(=O)N2CCc3ccc(C(F)(F)F)cc3C2)C2(CCN(C3COC3)CC2)OC1=O. The minimum absolute atomic E-state index is 0.0880. The Balaban J connectivity index is 1.37. The Hall–Kier alpha value is -2.39. The summed E-state index contributed by atoms with van der Waals surface area (Å²) in [6.45, 7) is 4.87. The lowest BCUT2D eigenvalue weighted by molar-refractivity contribution is -0.154. The fraction of sp³-hybridized carbons (Fsp3) is 0.565. The highest BCUT2D eigenvalue weighted by Crippen LogP contribution is 2.43. The van der Waals surface area contributed by atoms with Crippen molar-refractivity contribution in [2.75, 3.05) is 32.8 Å².